The van der Waals surface area contributed by atoms with Crippen molar-refractivity contribution in [2.75, 3.05) is 6.54 Å². The van der Waals surface area contributed by atoms with Gasteiger partial charge in [-0.1, -0.05) is 20.8 Å². The van der Waals surface area contributed by atoms with Crippen molar-refractivity contribution in [2.45, 2.75) is 39.7 Å². The average molecular weight is 172 g/mol. The average Bonchev–Trinajstić information content (AvgIpc) is 2.03. The minimum Gasteiger partial charge on any atom is -0.353 e. The highest BCUT2D eigenvalue weighted by molar-refractivity contribution is 5.78. The molecule has 0 saturated carbocycles. The summed E-state index contributed by atoms with van der Waals surface area (Å²) < 4.78 is 0. The van der Waals surface area contributed by atoms with Crippen LogP contribution in [0.1, 0.15) is 33.6 Å². The van der Waals surface area contributed by atoms with Crippen LogP contribution in [-0.2, 0) is 4.79 Å². The first-order valence-electron chi connectivity index (χ1n) is 4.62. The second-order valence-corrected chi connectivity index (χ2v) is 3.35. The van der Waals surface area contributed by atoms with Gasteiger partial charge in [-0.15, -0.1) is 0 Å². The molecule has 0 spiro atoms. The van der Waals surface area contributed by atoms with Gasteiger partial charge in [0.1, 0.15) is 0 Å². The topological polar surface area (TPSA) is 55.1 Å². The molecule has 3 nitrogen and oxygen atoms in total. The van der Waals surface area contributed by atoms with Gasteiger partial charge < -0.3 is 11.1 Å². The second-order valence-electron chi connectivity index (χ2n) is 3.35. The molecule has 3 heteroatoms. The lowest BCUT2D eigenvalue weighted by molar-refractivity contribution is -0.124. The largest absolute Gasteiger partial charge is 0.353 e. The lowest BCUT2D eigenvalue weighted by Crippen LogP contribution is -2.38. The van der Waals surface area contributed by atoms with Crippen LogP contribution in [0.5, 0.6) is 0 Å². The summed E-state index contributed by atoms with van der Waals surface area (Å²) in [5, 5.41) is 2.95. The van der Waals surface area contributed by atoms with Crippen molar-refractivity contribution in [3.8, 4) is 0 Å². The molecule has 3 N–H and O–H groups in total. The molecule has 72 valence electrons. The molecule has 0 aromatic rings. The molecule has 0 saturated heterocycles. The van der Waals surface area contributed by atoms with Gasteiger partial charge in [0.15, 0.2) is 0 Å². The molecule has 0 aliphatic carbocycles. The Morgan fingerprint density at radius 1 is 1.50 bits per heavy atom. The molecular weight excluding hydrogens is 152 g/mol. The Hall–Kier alpha value is -0.570. The molecule has 0 radical (unpaired) electrons. The van der Waals surface area contributed by atoms with Crippen LogP contribution in [0.2, 0.25) is 0 Å². The Balaban J connectivity index is 3.77. The van der Waals surface area contributed by atoms with Gasteiger partial charge in [-0.2, -0.15) is 0 Å². The summed E-state index contributed by atoms with van der Waals surface area (Å²) in [6, 6.07) is 0.255. The molecule has 0 heterocycles. The van der Waals surface area contributed by atoms with E-state index >= 15 is 0 Å². The predicted molar refractivity (Wildman–Crippen MR) is 50.7 cm³/mol. The van der Waals surface area contributed by atoms with Crippen molar-refractivity contribution in [3.05, 3.63) is 0 Å². The first-order chi connectivity index (χ1) is 5.61. The normalized spacial score (nSPS) is 13.1. The van der Waals surface area contributed by atoms with Crippen molar-refractivity contribution in [2.24, 2.45) is 11.7 Å². The van der Waals surface area contributed by atoms with Crippen LogP contribution in [0, 0.1) is 5.92 Å². The number of carbonyl (C=O) groups excluding carboxylic acids is 1. The van der Waals surface area contributed by atoms with Gasteiger partial charge in [-0.05, 0) is 19.4 Å². The van der Waals surface area contributed by atoms with E-state index in [0.717, 1.165) is 12.8 Å². The number of hydrogen-bond donors (Lipinski definition) is 2. The van der Waals surface area contributed by atoms with Crippen molar-refractivity contribution in [3.63, 3.8) is 0 Å². The van der Waals surface area contributed by atoms with E-state index in [9.17, 15) is 4.79 Å². The Bertz CT molecular complexity index is 134. The summed E-state index contributed by atoms with van der Waals surface area (Å²) in [6.45, 7) is 6.48. The number of amides is 1. The van der Waals surface area contributed by atoms with E-state index in [0.29, 0.717) is 6.54 Å². The maximum absolute atomic E-state index is 11.2. The highest BCUT2D eigenvalue weighted by Gasteiger charge is 2.11. The van der Waals surface area contributed by atoms with E-state index in [1.54, 1.807) is 0 Å². The van der Waals surface area contributed by atoms with Crippen molar-refractivity contribution < 1.29 is 4.79 Å². The van der Waals surface area contributed by atoms with Gasteiger partial charge >= 0.3 is 0 Å². The van der Waals surface area contributed by atoms with Crippen LogP contribution in [0.25, 0.3) is 0 Å². The minimum absolute atomic E-state index is 0.0665. The molecule has 0 aliphatic heterocycles. The quantitative estimate of drug-likeness (QED) is 0.647. The zero-order chi connectivity index (χ0) is 9.56. The summed E-state index contributed by atoms with van der Waals surface area (Å²) in [4.78, 5) is 11.2. The monoisotopic (exact) mass is 172 g/mol. The first-order valence-corrected chi connectivity index (χ1v) is 4.62. The molecule has 0 fully saturated rings. The molecule has 1 unspecified atom stereocenters. The molecule has 1 amide bonds. The predicted octanol–water partition coefficient (Wildman–Crippen LogP) is 0.886. The van der Waals surface area contributed by atoms with Crippen molar-refractivity contribution in [1.29, 1.82) is 0 Å². The summed E-state index contributed by atoms with van der Waals surface area (Å²) >= 11 is 0. The third-order valence-corrected chi connectivity index (χ3v) is 1.88. The number of nitrogens with one attached hydrogen (secondary N) is 1. The van der Waals surface area contributed by atoms with Crippen LogP contribution in [0.15, 0.2) is 0 Å². The molecule has 1 atom stereocenters. The third-order valence-electron chi connectivity index (χ3n) is 1.88. The van der Waals surface area contributed by atoms with E-state index in [4.69, 9.17) is 5.73 Å². The van der Waals surface area contributed by atoms with Gasteiger partial charge in [-0.25, -0.2) is 0 Å². The number of nitrogens with two attached hydrogens (primary N) is 1. The van der Waals surface area contributed by atoms with E-state index in [2.05, 4.69) is 12.2 Å². The maximum Gasteiger partial charge on any atom is 0.222 e. The van der Waals surface area contributed by atoms with Gasteiger partial charge in [0.05, 0.1) is 0 Å². The van der Waals surface area contributed by atoms with Crippen molar-refractivity contribution >= 4 is 5.91 Å². The smallest absolute Gasteiger partial charge is 0.222 e. The van der Waals surface area contributed by atoms with E-state index in [-0.39, 0.29) is 17.9 Å². The number of carbonyl (C=O) groups is 1. The number of hydrogen-bond acceptors (Lipinski definition) is 2. The molecule has 0 aromatic heterocycles. The lowest BCUT2D eigenvalue weighted by Gasteiger charge is -2.17. The second kappa shape index (κ2) is 6.00. The lowest BCUT2D eigenvalue weighted by atomic mass is 10.1. The minimum atomic E-state index is 0.0665. The summed E-state index contributed by atoms with van der Waals surface area (Å²) in [5.74, 6) is 0.187. The van der Waals surface area contributed by atoms with Crippen LogP contribution in [-0.4, -0.2) is 18.5 Å². The highest BCUT2D eigenvalue weighted by Crippen LogP contribution is 1.99. The fourth-order valence-corrected chi connectivity index (χ4v) is 0.947. The first kappa shape index (κ1) is 11.4. The van der Waals surface area contributed by atoms with Crippen molar-refractivity contribution in [1.82, 2.24) is 5.32 Å². The van der Waals surface area contributed by atoms with Gasteiger partial charge in [0.25, 0.3) is 0 Å². The van der Waals surface area contributed by atoms with Gasteiger partial charge in [-0.3, -0.25) is 4.79 Å². The Labute approximate surface area is 74.7 Å². The van der Waals surface area contributed by atoms with E-state index < -0.39 is 0 Å². The van der Waals surface area contributed by atoms with Crippen LogP contribution in [0.3, 0.4) is 0 Å². The maximum atomic E-state index is 11.2. The zero-order valence-corrected chi connectivity index (χ0v) is 8.26. The van der Waals surface area contributed by atoms with Gasteiger partial charge in [0.2, 0.25) is 5.91 Å². The SMILES string of the molecule is CCC(CCN)NC(=O)C(C)C. The molecule has 0 rings (SSSR count). The summed E-state index contributed by atoms with van der Waals surface area (Å²) in [6.07, 6.45) is 1.82. The van der Waals surface area contributed by atoms with Crippen LogP contribution < -0.4 is 11.1 Å². The summed E-state index contributed by atoms with van der Waals surface area (Å²) in [7, 11) is 0. The Morgan fingerprint density at radius 2 is 2.08 bits per heavy atom. The third kappa shape index (κ3) is 4.34. The van der Waals surface area contributed by atoms with Crippen LogP contribution in [0.4, 0.5) is 0 Å². The Kier molecular flexibility index (Phi) is 5.72. The fourth-order valence-electron chi connectivity index (χ4n) is 0.947. The molecule has 0 bridgehead atoms. The zero-order valence-electron chi connectivity index (χ0n) is 8.26. The standard InChI is InChI=1S/C9H20N2O/c1-4-8(5-6-10)11-9(12)7(2)3/h7-8H,4-6,10H2,1-3H3,(H,11,12). The molecular formula is C9H20N2O. The molecule has 0 aromatic carbocycles. The van der Waals surface area contributed by atoms with Gasteiger partial charge in [0, 0.05) is 12.0 Å². The highest BCUT2D eigenvalue weighted by atomic mass is 16.1. The Morgan fingerprint density at radius 3 is 2.42 bits per heavy atom. The number of rotatable bonds is 5. The van der Waals surface area contributed by atoms with E-state index in [1.165, 1.54) is 0 Å². The molecule has 0 aliphatic rings. The summed E-state index contributed by atoms with van der Waals surface area (Å²) in [5.41, 5.74) is 5.41. The van der Waals surface area contributed by atoms with Crippen LogP contribution >= 0.6 is 0 Å². The molecule has 12 heavy (non-hydrogen) atoms. The fraction of sp³-hybridized carbons (Fsp3) is 0.889. The van der Waals surface area contributed by atoms with E-state index in [1.807, 2.05) is 13.8 Å².